The van der Waals surface area contributed by atoms with Crippen LogP contribution < -0.4 is 10.6 Å². The molecule has 1 aromatic heterocycles. The predicted octanol–water partition coefficient (Wildman–Crippen LogP) is 2.84. The zero-order chi connectivity index (χ0) is 14.2. The van der Waals surface area contributed by atoms with Crippen LogP contribution in [0.1, 0.15) is 23.8 Å². The molecule has 0 bridgehead atoms. The summed E-state index contributed by atoms with van der Waals surface area (Å²) in [7, 11) is 0. The molecule has 4 heteroatoms. The summed E-state index contributed by atoms with van der Waals surface area (Å²) in [5.74, 6) is 3.28. The van der Waals surface area contributed by atoms with Gasteiger partial charge in [0.1, 0.15) is 5.76 Å². The Labute approximate surface area is 118 Å². The highest BCUT2D eigenvalue weighted by Crippen LogP contribution is 2.15. The molecular formula is C16H16N2O2. The highest BCUT2D eigenvalue weighted by atomic mass is 16.3. The predicted molar refractivity (Wildman–Crippen MR) is 76.7 cm³/mol. The van der Waals surface area contributed by atoms with E-state index in [1.807, 2.05) is 30.3 Å². The number of carbonyl (C=O) groups excluding carboxylic acids is 1. The molecule has 0 unspecified atom stereocenters. The zero-order valence-electron chi connectivity index (χ0n) is 11.0. The summed E-state index contributed by atoms with van der Waals surface area (Å²) in [6, 6.07) is 12.7. The van der Waals surface area contributed by atoms with Crippen LogP contribution >= 0.6 is 0 Å². The van der Waals surface area contributed by atoms with Gasteiger partial charge in [-0.05, 0) is 17.7 Å². The second-order valence-corrected chi connectivity index (χ2v) is 4.28. The molecule has 102 valence electrons. The second kappa shape index (κ2) is 7.05. The summed E-state index contributed by atoms with van der Waals surface area (Å²) in [5, 5.41) is 5.59. The number of rotatable bonds is 5. The van der Waals surface area contributed by atoms with Gasteiger partial charge in [0.2, 0.25) is 0 Å². The third-order valence-corrected chi connectivity index (χ3v) is 2.83. The van der Waals surface area contributed by atoms with Crippen LogP contribution in [0.25, 0.3) is 0 Å². The van der Waals surface area contributed by atoms with Crippen LogP contribution in [0.5, 0.6) is 0 Å². The van der Waals surface area contributed by atoms with Crippen molar-refractivity contribution in [2.24, 2.45) is 0 Å². The summed E-state index contributed by atoms with van der Waals surface area (Å²) in [6.45, 7) is 0.344. The lowest BCUT2D eigenvalue weighted by atomic mass is 10.0. The molecule has 1 aromatic carbocycles. The highest BCUT2D eigenvalue weighted by Gasteiger charge is 2.13. The van der Waals surface area contributed by atoms with E-state index in [2.05, 4.69) is 16.6 Å². The second-order valence-electron chi connectivity index (χ2n) is 4.28. The van der Waals surface area contributed by atoms with E-state index >= 15 is 0 Å². The standard InChI is InChI=1S/C16H16N2O2/c1-2-7-15(13-8-4-3-5-9-13)18-16(19)17-12-14-10-6-11-20-14/h1,3-6,8-11,15H,7,12H2,(H2,17,18,19)/t15-/m0/s1. The number of nitrogens with one attached hydrogen (secondary N) is 2. The molecule has 0 aliphatic carbocycles. The van der Waals surface area contributed by atoms with Crippen molar-refractivity contribution in [1.82, 2.24) is 10.6 Å². The first-order chi connectivity index (χ1) is 9.79. The summed E-state index contributed by atoms with van der Waals surface area (Å²) in [4.78, 5) is 11.9. The van der Waals surface area contributed by atoms with Gasteiger partial charge in [-0.1, -0.05) is 30.3 Å². The van der Waals surface area contributed by atoms with Gasteiger partial charge in [0.15, 0.2) is 0 Å². The monoisotopic (exact) mass is 268 g/mol. The van der Waals surface area contributed by atoms with E-state index in [4.69, 9.17) is 10.8 Å². The quantitative estimate of drug-likeness (QED) is 0.819. The third-order valence-electron chi connectivity index (χ3n) is 2.83. The number of urea groups is 1. The van der Waals surface area contributed by atoms with E-state index in [9.17, 15) is 4.79 Å². The summed E-state index contributed by atoms with van der Waals surface area (Å²) < 4.78 is 5.15. The first-order valence-corrected chi connectivity index (χ1v) is 6.34. The van der Waals surface area contributed by atoms with Crippen molar-refractivity contribution in [3.05, 3.63) is 60.1 Å². The van der Waals surface area contributed by atoms with Crippen molar-refractivity contribution in [1.29, 1.82) is 0 Å². The molecule has 2 rings (SSSR count). The summed E-state index contributed by atoms with van der Waals surface area (Å²) in [6.07, 6.45) is 7.37. The van der Waals surface area contributed by atoms with Gasteiger partial charge in [-0.3, -0.25) is 0 Å². The molecule has 0 spiro atoms. The maximum absolute atomic E-state index is 11.9. The first-order valence-electron chi connectivity index (χ1n) is 6.34. The fraction of sp³-hybridized carbons (Fsp3) is 0.188. The molecule has 0 saturated heterocycles. The number of carbonyl (C=O) groups is 1. The van der Waals surface area contributed by atoms with Gasteiger partial charge in [-0.15, -0.1) is 12.3 Å². The molecule has 1 atom stereocenters. The van der Waals surface area contributed by atoms with E-state index in [1.54, 1.807) is 18.4 Å². The molecule has 0 fully saturated rings. The van der Waals surface area contributed by atoms with Gasteiger partial charge in [-0.2, -0.15) is 0 Å². The van der Waals surface area contributed by atoms with E-state index in [0.29, 0.717) is 18.7 Å². The number of furan rings is 1. The minimum atomic E-state index is -0.273. The van der Waals surface area contributed by atoms with Crippen LogP contribution in [-0.4, -0.2) is 6.03 Å². The van der Waals surface area contributed by atoms with Crippen LogP contribution in [-0.2, 0) is 6.54 Å². The van der Waals surface area contributed by atoms with Crippen molar-refractivity contribution in [3.8, 4) is 12.3 Å². The largest absolute Gasteiger partial charge is 0.467 e. The lowest BCUT2D eigenvalue weighted by Gasteiger charge is -2.17. The zero-order valence-corrected chi connectivity index (χ0v) is 11.0. The van der Waals surface area contributed by atoms with E-state index in [-0.39, 0.29) is 12.1 Å². The fourth-order valence-electron chi connectivity index (χ4n) is 1.85. The topological polar surface area (TPSA) is 54.3 Å². The van der Waals surface area contributed by atoms with E-state index < -0.39 is 0 Å². The minimum absolute atomic E-state index is 0.196. The Hall–Kier alpha value is -2.67. The SMILES string of the molecule is C#CC[C@H](NC(=O)NCc1ccco1)c1ccccc1. The normalized spacial score (nSPS) is 11.3. The first kappa shape index (κ1) is 13.8. The number of hydrogen-bond donors (Lipinski definition) is 2. The minimum Gasteiger partial charge on any atom is -0.467 e. The van der Waals surface area contributed by atoms with Crippen LogP contribution in [0, 0.1) is 12.3 Å². The number of terminal acetylenes is 1. The molecule has 1 heterocycles. The van der Waals surface area contributed by atoms with E-state index in [1.165, 1.54) is 0 Å². The van der Waals surface area contributed by atoms with Crippen LogP contribution in [0.4, 0.5) is 4.79 Å². The van der Waals surface area contributed by atoms with Crippen molar-refractivity contribution in [2.75, 3.05) is 0 Å². The molecule has 2 N–H and O–H groups in total. The number of benzene rings is 1. The van der Waals surface area contributed by atoms with Crippen molar-refractivity contribution >= 4 is 6.03 Å². The molecule has 2 aromatic rings. The van der Waals surface area contributed by atoms with Crippen molar-refractivity contribution in [3.63, 3.8) is 0 Å². The van der Waals surface area contributed by atoms with Gasteiger partial charge < -0.3 is 15.1 Å². The maximum atomic E-state index is 11.9. The number of amides is 2. The fourth-order valence-corrected chi connectivity index (χ4v) is 1.85. The van der Waals surface area contributed by atoms with Crippen molar-refractivity contribution in [2.45, 2.75) is 19.0 Å². The summed E-state index contributed by atoms with van der Waals surface area (Å²) in [5.41, 5.74) is 0.985. The molecule has 20 heavy (non-hydrogen) atoms. The molecule has 0 aliphatic heterocycles. The Morgan fingerprint density at radius 2 is 2.05 bits per heavy atom. The molecule has 4 nitrogen and oxygen atoms in total. The highest BCUT2D eigenvalue weighted by molar-refractivity contribution is 5.74. The Bertz CT molecular complexity index is 570. The Morgan fingerprint density at radius 3 is 2.70 bits per heavy atom. The van der Waals surface area contributed by atoms with Gasteiger partial charge >= 0.3 is 6.03 Å². The van der Waals surface area contributed by atoms with Gasteiger partial charge in [0, 0.05) is 6.42 Å². The molecule has 0 aliphatic rings. The van der Waals surface area contributed by atoms with Crippen LogP contribution in [0.3, 0.4) is 0 Å². The molecular weight excluding hydrogens is 252 g/mol. The number of hydrogen-bond acceptors (Lipinski definition) is 2. The van der Waals surface area contributed by atoms with Crippen LogP contribution in [0.2, 0.25) is 0 Å². The average molecular weight is 268 g/mol. The molecule has 0 radical (unpaired) electrons. The summed E-state index contributed by atoms with van der Waals surface area (Å²) >= 11 is 0. The van der Waals surface area contributed by atoms with Gasteiger partial charge in [0.05, 0.1) is 18.8 Å². The lowest BCUT2D eigenvalue weighted by molar-refractivity contribution is 0.236. The Balaban J connectivity index is 1.91. The van der Waals surface area contributed by atoms with Crippen molar-refractivity contribution < 1.29 is 9.21 Å². The molecule has 2 amide bonds. The molecule has 0 saturated carbocycles. The Morgan fingerprint density at radius 1 is 1.25 bits per heavy atom. The van der Waals surface area contributed by atoms with Crippen LogP contribution in [0.15, 0.2) is 53.1 Å². The van der Waals surface area contributed by atoms with Gasteiger partial charge in [-0.25, -0.2) is 4.79 Å². The third kappa shape index (κ3) is 3.92. The average Bonchev–Trinajstić information content (AvgIpc) is 2.99. The Kier molecular flexibility index (Phi) is 4.85. The smallest absolute Gasteiger partial charge is 0.315 e. The lowest BCUT2D eigenvalue weighted by Crippen LogP contribution is -2.37. The van der Waals surface area contributed by atoms with Gasteiger partial charge in [0.25, 0.3) is 0 Å². The van der Waals surface area contributed by atoms with E-state index in [0.717, 1.165) is 5.56 Å². The maximum Gasteiger partial charge on any atom is 0.315 e.